The number of aryl methyl sites for hydroxylation is 1. The second-order valence-electron chi connectivity index (χ2n) is 9.31. The Morgan fingerprint density at radius 2 is 1.97 bits per heavy atom. The van der Waals surface area contributed by atoms with E-state index in [0.717, 1.165) is 10.9 Å². The van der Waals surface area contributed by atoms with Gasteiger partial charge < -0.3 is 19.3 Å². The molecule has 0 saturated carbocycles. The van der Waals surface area contributed by atoms with Crippen molar-refractivity contribution in [3.05, 3.63) is 35.5 Å². The molecule has 1 saturated heterocycles. The predicted octanol–water partition coefficient (Wildman–Crippen LogP) is 3.28. The molecular formula is C23H28N2O6. The van der Waals surface area contributed by atoms with Crippen LogP contribution in [0.5, 0.6) is 5.75 Å². The summed E-state index contributed by atoms with van der Waals surface area (Å²) in [4.78, 5) is 31.3. The van der Waals surface area contributed by atoms with E-state index in [0.29, 0.717) is 17.0 Å². The highest BCUT2D eigenvalue weighted by Gasteiger charge is 2.55. The Balaban J connectivity index is 1.73. The summed E-state index contributed by atoms with van der Waals surface area (Å²) in [6.45, 7) is 7.23. The maximum atomic E-state index is 12.9. The molecule has 1 spiro atoms. The molecular weight excluding hydrogens is 400 g/mol. The molecule has 2 aliphatic heterocycles. The van der Waals surface area contributed by atoms with Crippen molar-refractivity contribution in [1.82, 2.24) is 9.88 Å². The number of likely N-dealkylation sites (tertiary alicyclic amines) is 1. The molecule has 0 bridgehead atoms. The number of benzene rings is 1. The fourth-order valence-corrected chi connectivity index (χ4v) is 4.55. The van der Waals surface area contributed by atoms with Gasteiger partial charge in [-0.1, -0.05) is 18.2 Å². The lowest BCUT2D eigenvalue weighted by atomic mass is 9.85. The Morgan fingerprint density at radius 3 is 2.65 bits per heavy atom. The molecule has 8 heteroatoms. The number of aliphatic hydroxyl groups excluding tert-OH is 1. The molecule has 1 N–H and O–H groups in total. The monoisotopic (exact) mass is 428 g/mol. The van der Waals surface area contributed by atoms with Gasteiger partial charge >= 0.3 is 12.1 Å². The van der Waals surface area contributed by atoms with Crippen molar-refractivity contribution in [3.63, 3.8) is 0 Å². The first-order valence-corrected chi connectivity index (χ1v) is 10.4. The first kappa shape index (κ1) is 21.4. The Labute approximate surface area is 181 Å². The van der Waals surface area contributed by atoms with Gasteiger partial charge in [0.15, 0.2) is 0 Å². The lowest BCUT2D eigenvalue weighted by Gasteiger charge is -2.39. The van der Waals surface area contributed by atoms with E-state index in [4.69, 9.17) is 14.2 Å². The summed E-state index contributed by atoms with van der Waals surface area (Å²) < 4.78 is 16.9. The molecule has 8 nitrogen and oxygen atoms in total. The second kappa shape index (κ2) is 7.37. The van der Waals surface area contributed by atoms with Gasteiger partial charge in [-0.15, -0.1) is 0 Å². The Kier molecular flexibility index (Phi) is 5.08. The van der Waals surface area contributed by atoms with Crippen LogP contribution in [0.25, 0.3) is 10.9 Å². The lowest BCUT2D eigenvalue weighted by molar-refractivity contribution is -0.145. The standard InChI is InChI=1S/C23H28N2O6/c1-13-19-18(14-8-6-7-9-15(14)24-13)17(26)11-23(30-19)10-16(20(27)29-5)25(12-23)21(28)31-22(2,3)4/h6-9,16-17,26H,10-12H2,1-5H3. The molecule has 0 aliphatic carbocycles. The normalized spacial score (nSPS) is 25.3. The summed E-state index contributed by atoms with van der Waals surface area (Å²) in [5.41, 5.74) is 0.464. The highest BCUT2D eigenvalue weighted by molar-refractivity contribution is 5.86. The lowest BCUT2D eigenvalue weighted by Crippen LogP contribution is -2.46. The van der Waals surface area contributed by atoms with Crippen LogP contribution in [0.1, 0.15) is 51.0 Å². The first-order valence-electron chi connectivity index (χ1n) is 10.4. The number of hydrogen-bond acceptors (Lipinski definition) is 7. The Hall–Kier alpha value is -2.87. The number of hydrogen-bond donors (Lipinski definition) is 1. The number of rotatable bonds is 1. The summed E-state index contributed by atoms with van der Waals surface area (Å²) in [6.07, 6.45) is -1.01. The molecule has 166 valence electrons. The fourth-order valence-electron chi connectivity index (χ4n) is 4.55. The van der Waals surface area contributed by atoms with Crippen LogP contribution in [-0.4, -0.2) is 58.0 Å². The number of ether oxygens (including phenoxy) is 3. The average molecular weight is 428 g/mol. The van der Waals surface area contributed by atoms with Gasteiger partial charge in [0, 0.05) is 23.8 Å². The van der Waals surface area contributed by atoms with E-state index < -0.39 is 35.4 Å². The number of aliphatic hydroxyl groups is 1. The van der Waals surface area contributed by atoms with Crippen LogP contribution in [-0.2, 0) is 14.3 Å². The van der Waals surface area contributed by atoms with Gasteiger partial charge in [-0.3, -0.25) is 4.90 Å². The average Bonchev–Trinajstić information content (AvgIpc) is 3.05. The minimum absolute atomic E-state index is 0.102. The summed E-state index contributed by atoms with van der Waals surface area (Å²) in [5, 5.41) is 12.0. The SMILES string of the molecule is COC(=O)C1CC2(CC(O)c3c(c(C)nc4ccccc34)O2)CN1C(=O)OC(C)(C)C. The van der Waals surface area contributed by atoms with Crippen LogP contribution >= 0.6 is 0 Å². The molecule has 1 fully saturated rings. The maximum absolute atomic E-state index is 12.9. The summed E-state index contributed by atoms with van der Waals surface area (Å²) in [5.74, 6) is -0.0351. The van der Waals surface area contributed by atoms with E-state index in [2.05, 4.69) is 4.98 Å². The van der Waals surface area contributed by atoms with Crippen LogP contribution in [0.3, 0.4) is 0 Å². The van der Waals surface area contributed by atoms with Gasteiger partial charge in [0.2, 0.25) is 0 Å². The number of esters is 1. The van der Waals surface area contributed by atoms with Crippen LogP contribution in [0.4, 0.5) is 4.79 Å². The van der Waals surface area contributed by atoms with E-state index in [9.17, 15) is 14.7 Å². The van der Waals surface area contributed by atoms with E-state index in [1.54, 1.807) is 20.8 Å². The molecule has 4 rings (SSSR count). The van der Waals surface area contributed by atoms with Crippen molar-refractivity contribution in [2.75, 3.05) is 13.7 Å². The maximum Gasteiger partial charge on any atom is 0.411 e. The van der Waals surface area contributed by atoms with Gasteiger partial charge in [0.1, 0.15) is 23.0 Å². The topological polar surface area (TPSA) is 98.2 Å². The Bertz CT molecular complexity index is 1050. The number of carbonyl (C=O) groups is 2. The third kappa shape index (κ3) is 3.80. The van der Waals surface area contributed by atoms with Crippen LogP contribution in [0.2, 0.25) is 0 Å². The number of para-hydroxylation sites is 1. The first-order chi connectivity index (χ1) is 14.5. The third-order valence-corrected chi connectivity index (χ3v) is 5.77. The highest BCUT2D eigenvalue weighted by atomic mass is 16.6. The molecule has 1 aromatic heterocycles. The minimum Gasteiger partial charge on any atom is -0.483 e. The third-order valence-electron chi connectivity index (χ3n) is 5.77. The number of amides is 1. The summed E-state index contributed by atoms with van der Waals surface area (Å²) in [6, 6.07) is 6.73. The predicted molar refractivity (Wildman–Crippen MR) is 113 cm³/mol. The molecule has 0 radical (unpaired) electrons. The molecule has 1 aromatic carbocycles. The van der Waals surface area contributed by atoms with Crippen molar-refractivity contribution in [2.45, 2.75) is 63.9 Å². The Morgan fingerprint density at radius 1 is 1.26 bits per heavy atom. The number of nitrogens with zero attached hydrogens (tertiary/aromatic N) is 2. The van der Waals surface area contributed by atoms with Crippen molar-refractivity contribution >= 4 is 23.0 Å². The van der Waals surface area contributed by atoms with Gasteiger partial charge in [0.25, 0.3) is 0 Å². The van der Waals surface area contributed by atoms with Gasteiger partial charge in [0.05, 0.1) is 31.0 Å². The molecule has 2 aromatic rings. The largest absolute Gasteiger partial charge is 0.483 e. The van der Waals surface area contributed by atoms with E-state index in [1.807, 2.05) is 31.2 Å². The van der Waals surface area contributed by atoms with E-state index in [-0.39, 0.29) is 19.4 Å². The minimum atomic E-state index is -0.947. The number of aromatic nitrogens is 1. The number of methoxy groups -OCH3 is 1. The molecule has 3 atom stereocenters. The molecule has 31 heavy (non-hydrogen) atoms. The molecule has 1 amide bonds. The molecule has 3 heterocycles. The summed E-state index contributed by atoms with van der Waals surface area (Å²) in [7, 11) is 1.28. The number of fused-ring (bicyclic) bond motifs is 3. The molecule has 2 aliphatic rings. The van der Waals surface area contributed by atoms with Crippen molar-refractivity contribution < 1.29 is 28.9 Å². The smallest absolute Gasteiger partial charge is 0.411 e. The van der Waals surface area contributed by atoms with Crippen molar-refractivity contribution in [2.24, 2.45) is 0 Å². The van der Waals surface area contributed by atoms with E-state index >= 15 is 0 Å². The second-order valence-corrected chi connectivity index (χ2v) is 9.31. The number of pyridine rings is 1. The van der Waals surface area contributed by atoms with Gasteiger partial charge in [-0.2, -0.15) is 0 Å². The number of carbonyl (C=O) groups excluding carboxylic acids is 2. The molecule has 3 unspecified atom stereocenters. The zero-order valence-electron chi connectivity index (χ0n) is 18.5. The van der Waals surface area contributed by atoms with E-state index in [1.165, 1.54) is 12.0 Å². The van der Waals surface area contributed by atoms with Crippen molar-refractivity contribution in [3.8, 4) is 5.75 Å². The van der Waals surface area contributed by atoms with Crippen molar-refractivity contribution in [1.29, 1.82) is 0 Å². The van der Waals surface area contributed by atoms with Gasteiger partial charge in [-0.05, 0) is 33.8 Å². The zero-order valence-corrected chi connectivity index (χ0v) is 18.5. The highest BCUT2D eigenvalue weighted by Crippen LogP contribution is 2.48. The quantitative estimate of drug-likeness (QED) is 0.696. The fraction of sp³-hybridized carbons (Fsp3) is 0.522. The van der Waals surface area contributed by atoms with Gasteiger partial charge in [-0.25, -0.2) is 14.6 Å². The van der Waals surface area contributed by atoms with Crippen LogP contribution in [0.15, 0.2) is 24.3 Å². The summed E-state index contributed by atoms with van der Waals surface area (Å²) >= 11 is 0. The zero-order chi connectivity index (χ0) is 22.6. The van der Waals surface area contributed by atoms with Crippen LogP contribution in [0, 0.1) is 6.92 Å². The van der Waals surface area contributed by atoms with Crippen LogP contribution < -0.4 is 4.74 Å².